The van der Waals surface area contributed by atoms with Gasteiger partial charge in [-0.2, -0.15) is 0 Å². The van der Waals surface area contributed by atoms with Crippen LogP contribution in [0.1, 0.15) is 18.9 Å². The Kier molecular flexibility index (Phi) is 3.64. The fourth-order valence-corrected chi connectivity index (χ4v) is 1.88. The Balaban J connectivity index is 2.09. The predicted molar refractivity (Wildman–Crippen MR) is 65.0 cm³/mol. The molecule has 1 aliphatic heterocycles. The zero-order chi connectivity index (χ0) is 12.3. The molecule has 1 saturated heterocycles. The van der Waals surface area contributed by atoms with Gasteiger partial charge in [0.2, 0.25) is 5.91 Å². The number of rotatable bonds is 3. The molecule has 4 heteroatoms. The molecule has 1 heterocycles. The quantitative estimate of drug-likeness (QED) is 0.787. The Morgan fingerprint density at radius 1 is 1.59 bits per heavy atom. The molecule has 1 aliphatic rings. The van der Waals surface area contributed by atoms with Crippen LogP contribution in [0.15, 0.2) is 18.2 Å². The smallest absolute Gasteiger partial charge is 0.230 e. The molecule has 1 aromatic rings. The number of carbonyl (C=O) groups excluding carboxylic acids is 1. The topological polar surface area (TPSA) is 58.6 Å². The van der Waals surface area contributed by atoms with E-state index in [1.807, 2.05) is 19.1 Å². The van der Waals surface area contributed by atoms with Gasteiger partial charge in [0.25, 0.3) is 0 Å². The maximum Gasteiger partial charge on any atom is 0.230 e. The van der Waals surface area contributed by atoms with Gasteiger partial charge in [-0.15, -0.1) is 0 Å². The summed E-state index contributed by atoms with van der Waals surface area (Å²) in [5, 5.41) is 12.4. The fraction of sp³-hybridized carbons (Fsp3) is 0.462. The maximum atomic E-state index is 11.9. The molecule has 17 heavy (non-hydrogen) atoms. The first kappa shape index (κ1) is 11.9. The van der Waals surface area contributed by atoms with Crippen LogP contribution in [0.4, 0.5) is 5.69 Å². The molecule has 2 rings (SSSR count). The summed E-state index contributed by atoms with van der Waals surface area (Å²) < 4.78 is 5.17. The Morgan fingerprint density at radius 3 is 3.06 bits per heavy atom. The summed E-state index contributed by atoms with van der Waals surface area (Å²) in [6.07, 6.45) is 1.62. The van der Waals surface area contributed by atoms with Gasteiger partial charge in [0.05, 0.1) is 18.2 Å². The Hall–Kier alpha value is -1.55. The lowest BCUT2D eigenvalue weighted by atomic mass is 10.1. The molecule has 0 saturated carbocycles. The van der Waals surface area contributed by atoms with Gasteiger partial charge in [0.1, 0.15) is 5.75 Å². The zero-order valence-electron chi connectivity index (χ0n) is 9.90. The number of ether oxygens (including phenoxy) is 1. The van der Waals surface area contributed by atoms with Crippen LogP contribution in [-0.2, 0) is 16.0 Å². The second-order valence-electron chi connectivity index (χ2n) is 4.25. The van der Waals surface area contributed by atoms with Gasteiger partial charge < -0.3 is 15.2 Å². The average molecular weight is 235 g/mol. The maximum absolute atomic E-state index is 11.9. The molecule has 4 nitrogen and oxygen atoms in total. The molecule has 0 bridgehead atoms. The number of hydrogen-bond donors (Lipinski definition) is 2. The largest absolute Gasteiger partial charge is 0.506 e. The number of aromatic hydroxyl groups is 1. The van der Waals surface area contributed by atoms with Gasteiger partial charge in [-0.25, -0.2) is 0 Å². The van der Waals surface area contributed by atoms with Crippen molar-refractivity contribution in [3.05, 3.63) is 23.8 Å². The lowest BCUT2D eigenvalue weighted by Gasteiger charge is -2.11. The first-order valence-electron chi connectivity index (χ1n) is 5.91. The summed E-state index contributed by atoms with van der Waals surface area (Å²) in [5.41, 5.74) is 1.57. The molecule has 0 aromatic heterocycles. The third-order valence-electron chi connectivity index (χ3n) is 3.03. The van der Waals surface area contributed by atoms with E-state index in [0.29, 0.717) is 18.9 Å². The average Bonchev–Trinajstić information content (AvgIpc) is 2.85. The highest BCUT2D eigenvalue weighted by atomic mass is 16.5. The number of phenolic OH excluding ortho intramolecular Hbond substituents is 1. The SMILES string of the molecule is CCc1ccc(O)c(NC(=O)[C@H]2CCOC2)c1. The van der Waals surface area contributed by atoms with Gasteiger partial charge in [0.15, 0.2) is 0 Å². The third-order valence-corrected chi connectivity index (χ3v) is 3.03. The van der Waals surface area contributed by atoms with Crippen LogP contribution < -0.4 is 5.32 Å². The minimum atomic E-state index is -0.0975. The molecule has 1 atom stereocenters. The van der Waals surface area contributed by atoms with E-state index < -0.39 is 0 Å². The second kappa shape index (κ2) is 5.19. The van der Waals surface area contributed by atoms with Gasteiger partial charge in [-0.3, -0.25) is 4.79 Å². The monoisotopic (exact) mass is 235 g/mol. The summed E-state index contributed by atoms with van der Waals surface area (Å²) in [6, 6.07) is 5.27. The molecule has 1 amide bonds. The van der Waals surface area contributed by atoms with E-state index in [1.165, 1.54) is 0 Å². The van der Waals surface area contributed by atoms with Gasteiger partial charge in [-0.1, -0.05) is 13.0 Å². The highest BCUT2D eigenvalue weighted by Gasteiger charge is 2.24. The lowest BCUT2D eigenvalue weighted by molar-refractivity contribution is -0.119. The van der Waals surface area contributed by atoms with Gasteiger partial charge in [-0.05, 0) is 30.5 Å². The summed E-state index contributed by atoms with van der Waals surface area (Å²) >= 11 is 0. The minimum Gasteiger partial charge on any atom is -0.506 e. The molecule has 0 spiro atoms. The first-order chi connectivity index (χ1) is 8.20. The number of aryl methyl sites for hydroxylation is 1. The number of benzene rings is 1. The van der Waals surface area contributed by atoms with E-state index in [1.54, 1.807) is 6.07 Å². The number of nitrogens with one attached hydrogen (secondary N) is 1. The van der Waals surface area contributed by atoms with Crippen LogP contribution in [0.3, 0.4) is 0 Å². The summed E-state index contributed by atoms with van der Waals surface area (Å²) in [4.78, 5) is 11.9. The van der Waals surface area contributed by atoms with Crippen LogP contribution in [0.5, 0.6) is 5.75 Å². The van der Waals surface area contributed by atoms with Gasteiger partial charge >= 0.3 is 0 Å². The van der Waals surface area contributed by atoms with Crippen molar-refractivity contribution in [3.8, 4) is 5.75 Å². The molecule has 0 unspecified atom stereocenters. The van der Waals surface area contributed by atoms with Crippen molar-refractivity contribution >= 4 is 11.6 Å². The Bertz CT molecular complexity index is 411. The van der Waals surface area contributed by atoms with Crippen molar-refractivity contribution in [3.63, 3.8) is 0 Å². The molecular formula is C13H17NO3. The van der Waals surface area contributed by atoms with E-state index in [9.17, 15) is 9.90 Å². The van der Waals surface area contributed by atoms with E-state index >= 15 is 0 Å². The summed E-state index contributed by atoms with van der Waals surface area (Å²) in [6.45, 7) is 3.14. The van der Waals surface area contributed by atoms with Crippen molar-refractivity contribution < 1.29 is 14.6 Å². The van der Waals surface area contributed by atoms with E-state index in [0.717, 1.165) is 18.4 Å². The van der Waals surface area contributed by atoms with Crippen molar-refractivity contribution in [1.82, 2.24) is 0 Å². The Labute approximate surface area is 101 Å². The zero-order valence-corrected chi connectivity index (χ0v) is 9.90. The molecule has 1 fully saturated rings. The highest BCUT2D eigenvalue weighted by Crippen LogP contribution is 2.26. The number of carbonyl (C=O) groups is 1. The Morgan fingerprint density at radius 2 is 2.41 bits per heavy atom. The van der Waals surface area contributed by atoms with Gasteiger partial charge in [0, 0.05) is 6.61 Å². The summed E-state index contributed by atoms with van der Waals surface area (Å²) in [7, 11) is 0. The van der Waals surface area contributed by atoms with Crippen molar-refractivity contribution in [2.24, 2.45) is 5.92 Å². The van der Waals surface area contributed by atoms with Crippen molar-refractivity contribution in [2.75, 3.05) is 18.5 Å². The highest BCUT2D eigenvalue weighted by molar-refractivity contribution is 5.94. The van der Waals surface area contributed by atoms with Crippen LogP contribution in [0.2, 0.25) is 0 Å². The van der Waals surface area contributed by atoms with Crippen LogP contribution >= 0.6 is 0 Å². The molecular weight excluding hydrogens is 218 g/mol. The standard InChI is InChI=1S/C13H17NO3/c1-2-9-3-4-12(15)11(7-9)14-13(16)10-5-6-17-8-10/h3-4,7,10,15H,2,5-6,8H2,1H3,(H,14,16)/t10-/m0/s1. The molecule has 92 valence electrons. The number of phenols is 1. The van der Waals surface area contributed by atoms with Crippen molar-refractivity contribution in [2.45, 2.75) is 19.8 Å². The lowest BCUT2D eigenvalue weighted by Crippen LogP contribution is -2.22. The predicted octanol–water partition coefficient (Wildman–Crippen LogP) is 1.93. The minimum absolute atomic E-state index is 0.0777. The van der Waals surface area contributed by atoms with Crippen LogP contribution in [-0.4, -0.2) is 24.2 Å². The van der Waals surface area contributed by atoms with E-state index in [-0.39, 0.29) is 17.6 Å². The normalized spacial score (nSPS) is 19.2. The van der Waals surface area contributed by atoms with E-state index in [4.69, 9.17) is 4.74 Å². The number of hydrogen-bond acceptors (Lipinski definition) is 3. The van der Waals surface area contributed by atoms with Crippen LogP contribution in [0, 0.1) is 5.92 Å². The molecule has 2 N–H and O–H groups in total. The fourth-order valence-electron chi connectivity index (χ4n) is 1.88. The number of amides is 1. The van der Waals surface area contributed by atoms with Crippen molar-refractivity contribution in [1.29, 1.82) is 0 Å². The van der Waals surface area contributed by atoms with E-state index in [2.05, 4.69) is 5.32 Å². The molecule has 1 aromatic carbocycles. The number of anilines is 1. The first-order valence-corrected chi connectivity index (χ1v) is 5.91. The molecule has 0 aliphatic carbocycles. The summed E-state index contributed by atoms with van der Waals surface area (Å²) in [5.74, 6) is -0.0693. The van der Waals surface area contributed by atoms with Crippen LogP contribution in [0.25, 0.3) is 0 Å². The third kappa shape index (κ3) is 2.77. The molecule has 0 radical (unpaired) electrons. The second-order valence-corrected chi connectivity index (χ2v) is 4.25.